The van der Waals surface area contributed by atoms with Crippen LogP contribution in [0.15, 0.2) is 102 Å². The van der Waals surface area contributed by atoms with Gasteiger partial charge in [-0.1, -0.05) is 60.7 Å². The van der Waals surface area contributed by atoms with Crippen LogP contribution in [-0.2, 0) is 21.2 Å². The summed E-state index contributed by atoms with van der Waals surface area (Å²) >= 11 is 0. The Kier molecular flexibility index (Phi) is 6.84. The molecule has 0 saturated heterocycles. The van der Waals surface area contributed by atoms with Crippen molar-refractivity contribution in [3.05, 3.63) is 103 Å². The average Bonchev–Trinajstić information content (AvgIpc) is 2.85. The van der Waals surface area contributed by atoms with Crippen molar-refractivity contribution >= 4 is 27.5 Å². The van der Waals surface area contributed by atoms with Crippen LogP contribution in [0.25, 0.3) is 11.3 Å². The first-order valence-electron chi connectivity index (χ1n) is 10.4. The maximum Gasteiger partial charge on any atom is 0.326 e. The fraction of sp³-hybridized carbons (Fsp3) is 0.0800. The van der Waals surface area contributed by atoms with Gasteiger partial charge in [0, 0.05) is 23.7 Å². The molecule has 3 N–H and O–H groups in total. The molecule has 1 atom stereocenters. The summed E-state index contributed by atoms with van der Waals surface area (Å²) in [7, 11) is -3.69. The highest BCUT2D eigenvalue weighted by Crippen LogP contribution is 2.23. The average molecular weight is 475 g/mol. The van der Waals surface area contributed by atoms with Crippen LogP contribution in [0.3, 0.4) is 0 Å². The molecule has 0 aliphatic heterocycles. The molecule has 0 saturated carbocycles. The quantitative estimate of drug-likeness (QED) is 0.335. The lowest BCUT2D eigenvalue weighted by Crippen LogP contribution is -2.31. The van der Waals surface area contributed by atoms with E-state index in [0.717, 1.165) is 11.1 Å². The Labute approximate surface area is 197 Å². The van der Waals surface area contributed by atoms with Crippen LogP contribution in [0.5, 0.6) is 0 Å². The third kappa shape index (κ3) is 5.76. The Morgan fingerprint density at radius 2 is 1.53 bits per heavy atom. The SMILES string of the molecule is O=C(O)C(Cc1ccccc1)Nc1cc(-c2ccc(NS(=O)(=O)c3ccccc3)cc2)ncn1. The predicted octanol–water partition coefficient (Wildman–Crippen LogP) is 4.05. The van der Waals surface area contributed by atoms with Crippen molar-refractivity contribution in [3.63, 3.8) is 0 Å². The molecule has 0 radical (unpaired) electrons. The van der Waals surface area contributed by atoms with Crippen molar-refractivity contribution in [3.8, 4) is 11.3 Å². The maximum absolute atomic E-state index is 12.5. The van der Waals surface area contributed by atoms with Gasteiger partial charge < -0.3 is 10.4 Å². The van der Waals surface area contributed by atoms with Crippen molar-refractivity contribution in [1.82, 2.24) is 9.97 Å². The summed E-state index contributed by atoms with van der Waals surface area (Å²) in [6.45, 7) is 0. The zero-order chi connectivity index (χ0) is 24.0. The van der Waals surface area contributed by atoms with Gasteiger partial charge in [-0.3, -0.25) is 4.72 Å². The van der Waals surface area contributed by atoms with E-state index in [0.29, 0.717) is 23.6 Å². The van der Waals surface area contributed by atoms with Gasteiger partial charge >= 0.3 is 5.97 Å². The zero-order valence-corrected chi connectivity index (χ0v) is 18.8. The van der Waals surface area contributed by atoms with Gasteiger partial charge in [-0.05, 0) is 29.8 Å². The van der Waals surface area contributed by atoms with Gasteiger partial charge in [0.15, 0.2) is 0 Å². The lowest BCUT2D eigenvalue weighted by atomic mass is 10.1. The van der Waals surface area contributed by atoms with Gasteiger partial charge in [0.1, 0.15) is 18.2 Å². The second-order valence-electron chi connectivity index (χ2n) is 7.51. The lowest BCUT2D eigenvalue weighted by molar-refractivity contribution is -0.137. The third-order valence-electron chi connectivity index (χ3n) is 5.06. The largest absolute Gasteiger partial charge is 0.480 e. The topological polar surface area (TPSA) is 121 Å². The smallest absolute Gasteiger partial charge is 0.326 e. The zero-order valence-electron chi connectivity index (χ0n) is 18.0. The van der Waals surface area contributed by atoms with Gasteiger partial charge in [0.25, 0.3) is 10.0 Å². The molecule has 0 aliphatic rings. The van der Waals surface area contributed by atoms with Crippen LogP contribution in [-0.4, -0.2) is 35.5 Å². The predicted molar refractivity (Wildman–Crippen MR) is 130 cm³/mol. The number of carbonyl (C=O) groups is 1. The molecular weight excluding hydrogens is 452 g/mol. The van der Waals surface area contributed by atoms with Crippen LogP contribution in [0, 0.1) is 0 Å². The third-order valence-corrected chi connectivity index (χ3v) is 6.45. The summed E-state index contributed by atoms with van der Waals surface area (Å²) in [6.07, 6.45) is 1.65. The number of nitrogens with zero attached hydrogens (tertiary/aromatic N) is 2. The Hall–Kier alpha value is -4.24. The first-order chi connectivity index (χ1) is 16.4. The van der Waals surface area contributed by atoms with E-state index in [-0.39, 0.29) is 4.90 Å². The molecule has 1 unspecified atom stereocenters. The van der Waals surface area contributed by atoms with Crippen LogP contribution in [0.2, 0.25) is 0 Å². The Morgan fingerprint density at radius 1 is 0.882 bits per heavy atom. The van der Waals surface area contributed by atoms with Crippen molar-refractivity contribution < 1.29 is 18.3 Å². The number of carboxylic acid groups (broad SMARTS) is 1. The molecular formula is C25H22N4O4S. The molecule has 172 valence electrons. The van der Waals surface area contributed by atoms with E-state index >= 15 is 0 Å². The molecule has 34 heavy (non-hydrogen) atoms. The van der Waals surface area contributed by atoms with E-state index in [1.807, 2.05) is 30.3 Å². The summed E-state index contributed by atoms with van der Waals surface area (Å²) in [5, 5.41) is 12.6. The number of nitrogens with one attached hydrogen (secondary N) is 2. The van der Waals surface area contributed by atoms with E-state index in [4.69, 9.17) is 0 Å². The number of rotatable bonds is 9. The highest BCUT2D eigenvalue weighted by atomic mass is 32.2. The van der Waals surface area contributed by atoms with Gasteiger partial charge in [-0.2, -0.15) is 0 Å². The Morgan fingerprint density at radius 3 is 2.18 bits per heavy atom. The first kappa shape index (κ1) is 22.9. The highest BCUT2D eigenvalue weighted by molar-refractivity contribution is 7.92. The first-order valence-corrected chi connectivity index (χ1v) is 11.9. The van der Waals surface area contributed by atoms with Crippen LogP contribution < -0.4 is 10.0 Å². The normalized spacial score (nSPS) is 12.0. The number of hydrogen-bond donors (Lipinski definition) is 3. The number of aromatic nitrogens is 2. The van der Waals surface area contributed by atoms with E-state index in [1.54, 1.807) is 48.5 Å². The van der Waals surface area contributed by atoms with Gasteiger partial charge in [0.05, 0.1) is 10.6 Å². The second kappa shape index (κ2) is 10.1. The van der Waals surface area contributed by atoms with Crippen LogP contribution >= 0.6 is 0 Å². The van der Waals surface area contributed by atoms with Crippen LogP contribution in [0.4, 0.5) is 11.5 Å². The summed E-state index contributed by atoms with van der Waals surface area (Å²) in [5.74, 6) is -0.610. The van der Waals surface area contributed by atoms with Crippen molar-refractivity contribution in [2.45, 2.75) is 17.4 Å². The van der Waals surface area contributed by atoms with Gasteiger partial charge in [-0.25, -0.2) is 23.2 Å². The molecule has 4 rings (SSSR count). The van der Waals surface area contributed by atoms with Crippen molar-refractivity contribution in [1.29, 1.82) is 0 Å². The monoisotopic (exact) mass is 474 g/mol. The molecule has 1 aromatic heterocycles. The second-order valence-corrected chi connectivity index (χ2v) is 9.19. The lowest BCUT2D eigenvalue weighted by Gasteiger charge is -2.15. The fourth-order valence-electron chi connectivity index (χ4n) is 3.35. The van der Waals surface area contributed by atoms with E-state index in [9.17, 15) is 18.3 Å². The molecule has 0 spiro atoms. The molecule has 0 aliphatic carbocycles. The number of benzene rings is 3. The van der Waals surface area contributed by atoms with E-state index in [2.05, 4.69) is 20.0 Å². The van der Waals surface area contributed by atoms with Crippen molar-refractivity contribution in [2.24, 2.45) is 0 Å². The maximum atomic E-state index is 12.5. The van der Waals surface area contributed by atoms with Crippen LogP contribution in [0.1, 0.15) is 5.56 Å². The number of carboxylic acids is 1. The minimum absolute atomic E-state index is 0.175. The Balaban J connectivity index is 1.48. The summed E-state index contributed by atoms with van der Waals surface area (Å²) in [6, 6.07) is 25.0. The molecule has 8 nitrogen and oxygen atoms in total. The minimum Gasteiger partial charge on any atom is -0.480 e. The molecule has 0 fully saturated rings. The Bertz CT molecular complexity index is 1360. The number of sulfonamides is 1. The van der Waals surface area contributed by atoms with E-state index in [1.165, 1.54) is 18.5 Å². The molecule has 9 heteroatoms. The minimum atomic E-state index is -3.69. The highest BCUT2D eigenvalue weighted by Gasteiger charge is 2.19. The fourth-order valence-corrected chi connectivity index (χ4v) is 4.42. The number of aliphatic carboxylic acids is 1. The summed E-state index contributed by atoms with van der Waals surface area (Å²) in [4.78, 5) is 20.3. The van der Waals surface area contributed by atoms with Gasteiger partial charge in [-0.15, -0.1) is 0 Å². The van der Waals surface area contributed by atoms with Gasteiger partial charge in [0.2, 0.25) is 0 Å². The standard InChI is InChI=1S/C25H22N4O4S/c30-25(31)23(15-18-7-3-1-4-8-18)28-24-16-22(26-17-27-24)19-11-13-20(14-12-19)29-34(32,33)21-9-5-2-6-10-21/h1-14,16-17,23,29H,15H2,(H,30,31)(H,26,27,28). The molecule has 4 aromatic rings. The number of hydrogen-bond acceptors (Lipinski definition) is 6. The molecule has 0 amide bonds. The summed E-state index contributed by atoms with van der Waals surface area (Å²) in [5.41, 5.74) is 2.60. The molecule has 0 bridgehead atoms. The molecule has 1 heterocycles. The van der Waals surface area contributed by atoms with E-state index < -0.39 is 22.0 Å². The van der Waals surface area contributed by atoms with Crippen molar-refractivity contribution in [2.75, 3.05) is 10.0 Å². The number of anilines is 2. The molecule has 3 aromatic carbocycles. The summed E-state index contributed by atoms with van der Waals surface area (Å²) < 4.78 is 27.6.